The van der Waals surface area contributed by atoms with E-state index in [1.54, 1.807) is 0 Å². The van der Waals surface area contributed by atoms with Crippen LogP contribution in [-0.2, 0) is 4.74 Å². The fourth-order valence-electron chi connectivity index (χ4n) is 4.83. The van der Waals surface area contributed by atoms with Gasteiger partial charge in [-0.2, -0.15) is 0 Å². The number of guanidine groups is 1. The van der Waals surface area contributed by atoms with Gasteiger partial charge >= 0.3 is 0 Å². The monoisotopic (exact) mass is 390 g/mol. The van der Waals surface area contributed by atoms with Gasteiger partial charge in [-0.3, -0.25) is 9.89 Å². The van der Waals surface area contributed by atoms with E-state index in [0.717, 1.165) is 56.9 Å². The first-order chi connectivity index (χ1) is 13.2. The predicted molar refractivity (Wildman–Crippen MR) is 110 cm³/mol. The van der Waals surface area contributed by atoms with Gasteiger partial charge in [0.1, 0.15) is 0 Å². The van der Waals surface area contributed by atoms with Crippen LogP contribution in [-0.4, -0.2) is 68.7 Å². The summed E-state index contributed by atoms with van der Waals surface area (Å²) in [5.41, 5.74) is 1.63. The molecule has 0 radical (unpaired) electrons. The molecule has 3 aliphatic rings. The van der Waals surface area contributed by atoms with E-state index in [9.17, 15) is 0 Å². The normalized spacial score (nSPS) is 27.6. The van der Waals surface area contributed by atoms with E-state index in [1.807, 2.05) is 13.1 Å². The van der Waals surface area contributed by atoms with Crippen LogP contribution in [0.3, 0.4) is 0 Å². The Morgan fingerprint density at radius 1 is 1.30 bits per heavy atom. The standard InChI is InChI=1S/C21H31ClN4O/c1-23-20(26-11-7-21(15-26)8-12-27-16-21)24-14-19(25-9-2-3-10-25)17-5-4-6-18(22)13-17/h4-6,13,19H,2-3,7-12,14-16H2,1H3,(H,23,24). The van der Waals surface area contributed by atoms with Crippen molar-refractivity contribution in [2.24, 2.45) is 10.4 Å². The largest absolute Gasteiger partial charge is 0.381 e. The van der Waals surface area contributed by atoms with Crippen molar-refractivity contribution in [3.8, 4) is 0 Å². The van der Waals surface area contributed by atoms with Gasteiger partial charge in [-0.1, -0.05) is 23.7 Å². The maximum Gasteiger partial charge on any atom is 0.193 e. The minimum atomic E-state index is 0.328. The van der Waals surface area contributed by atoms with Crippen molar-refractivity contribution in [2.75, 3.05) is 53.0 Å². The van der Waals surface area contributed by atoms with Crippen LogP contribution in [0.25, 0.3) is 0 Å². The van der Waals surface area contributed by atoms with Crippen LogP contribution in [0.4, 0.5) is 0 Å². The van der Waals surface area contributed by atoms with Crippen LogP contribution in [0.5, 0.6) is 0 Å². The zero-order valence-corrected chi connectivity index (χ0v) is 17.0. The molecule has 0 saturated carbocycles. The zero-order valence-electron chi connectivity index (χ0n) is 16.3. The van der Waals surface area contributed by atoms with Crippen molar-refractivity contribution in [1.29, 1.82) is 0 Å². The molecule has 6 heteroatoms. The summed E-state index contributed by atoms with van der Waals surface area (Å²) in [6.07, 6.45) is 4.94. The molecule has 2 unspecified atom stereocenters. The van der Waals surface area contributed by atoms with E-state index in [0.29, 0.717) is 11.5 Å². The molecule has 3 saturated heterocycles. The Morgan fingerprint density at radius 3 is 2.85 bits per heavy atom. The second-order valence-electron chi connectivity index (χ2n) is 8.22. The Morgan fingerprint density at radius 2 is 2.15 bits per heavy atom. The average molecular weight is 391 g/mol. The Balaban J connectivity index is 1.43. The minimum Gasteiger partial charge on any atom is -0.381 e. The lowest BCUT2D eigenvalue weighted by atomic mass is 9.87. The van der Waals surface area contributed by atoms with Crippen LogP contribution < -0.4 is 5.32 Å². The lowest BCUT2D eigenvalue weighted by molar-refractivity contribution is 0.156. The summed E-state index contributed by atoms with van der Waals surface area (Å²) >= 11 is 6.28. The summed E-state index contributed by atoms with van der Waals surface area (Å²) in [5.74, 6) is 1.02. The quantitative estimate of drug-likeness (QED) is 0.633. The number of hydrogen-bond donors (Lipinski definition) is 1. The molecule has 1 N–H and O–H groups in total. The van der Waals surface area contributed by atoms with Crippen molar-refractivity contribution < 1.29 is 4.74 Å². The number of hydrogen-bond acceptors (Lipinski definition) is 3. The van der Waals surface area contributed by atoms with E-state index in [4.69, 9.17) is 16.3 Å². The number of benzene rings is 1. The van der Waals surface area contributed by atoms with E-state index < -0.39 is 0 Å². The van der Waals surface area contributed by atoms with Crippen molar-refractivity contribution in [2.45, 2.75) is 31.7 Å². The average Bonchev–Trinajstić information content (AvgIpc) is 3.43. The highest BCUT2D eigenvalue weighted by molar-refractivity contribution is 6.30. The molecule has 148 valence electrons. The first-order valence-electron chi connectivity index (χ1n) is 10.2. The van der Waals surface area contributed by atoms with Crippen LogP contribution in [0.2, 0.25) is 5.02 Å². The van der Waals surface area contributed by atoms with Gasteiger partial charge in [-0.05, 0) is 56.5 Å². The lowest BCUT2D eigenvalue weighted by Gasteiger charge is -2.31. The Labute approximate surface area is 167 Å². The van der Waals surface area contributed by atoms with Gasteiger partial charge in [-0.25, -0.2) is 0 Å². The predicted octanol–water partition coefficient (Wildman–Crippen LogP) is 3.16. The van der Waals surface area contributed by atoms with Gasteiger partial charge in [0.05, 0.1) is 12.6 Å². The minimum absolute atomic E-state index is 0.328. The Bertz CT molecular complexity index is 668. The van der Waals surface area contributed by atoms with E-state index in [1.165, 1.54) is 31.2 Å². The van der Waals surface area contributed by atoms with Gasteiger partial charge < -0.3 is 15.0 Å². The first kappa shape index (κ1) is 19.0. The molecule has 0 bridgehead atoms. The van der Waals surface area contributed by atoms with Crippen LogP contribution in [0.15, 0.2) is 29.3 Å². The smallest absolute Gasteiger partial charge is 0.193 e. The molecule has 3 heterocycles. The summed E-state index contributed by atoms with van der Waals surface area (Å²) in [7, 11) is 1.89. The number of ether oxygens (including phenoxy) is 1. The third kappa shape index (κ3) is 4.25. The van der Waals surface area contributed by atoms with Crippen molar-refractivity contribution in [1.82, 2.24) is 15.1 Å². The van der Waals surface area contributed by atoms with Gasteiger partial charge in [0.2, 0.25) is 0 Å². The van der Waals surface area contributed by atoms with Crippen molar-refractivity contribution in [3.05, 3.63) is 34.9 Å². The molecule has 3 aliphatic heterocycles. The number of aliphatic imine (C=N–C) groups is 1. The Hall–Kier alpha value is -1.30. The third-order valence-electron chi connectivity index (χ3n) is 6.40. The summed E-state index contributed by atoms with van der Waals surface area (Å²) in [4.78, 5) is 9.56. The topological polar surface area (TPSA) is 40.1 Å². The fraction of sp³-hybridized carbons (Fsp3) is 0.667. The molecule has 0 amide bonds. The maximum atomic E-state index is 6.28. The molecular formula is C21H31ClN4O. The second-order valence-corrected chi connectivity index (χ2v) is 8.65. The zero-order chi connectivity index (χ0) is 18.7. The molecule has 3 fully saturated rings. The number of nitrogens with one attached hydrogen (secondary N) is 1. The summed E-state index contributed by atoms with van der Waals surface area (Å²) in [6.45, 7) is 7.09. The highest BCUT2D eigenvalue weighted by Gasteiger charge is 2.42. The molecule has 0 aliphatic carbocycles. The van der Waals surface area contributed by atoms with Gasteiger partial charge in [-0.15, -0.1) is 0 Å². The molecular weight excluding hydrogens is 360 g/mol. The van der Waals surface area contributed by atoms with Crippen molar-refractivity contribution >= 4 is 17.6 Å². The SMILES string of the molecule is CN=C(NCC(c1cccc(Cl)c1)N1CCCC1)N1CCC2(CCOC2)C1. The molecule has 5 nitrogen and oxygen atoms in total. The first-order valence-corrected chi connectivity index (χ1v) is 10.6. The molecule has 2 atom stereocenters. The summed E-state index contributed by atoms with van der Waals surface area (Å²) < 4.78 is 5.67. The fourth-order valence-corrected chi connectivity index (χ4v) is 5.03. The van der Waals surface area contributed by atoms with Crippen LogP contribution in [0, 0.1) is 5.41 Å². The summed E-state index contributed by atoms with van der Waals surface area (Å²) in [6, 6.07) is 8.64. The summed E-state index contributed by atoms with van der Waals surface area (Å²) in [5, 5.41) is 4.47. The van der Waals surface area contributed by atoms with Gasteiger partial charge in [0, 0.05) is 43.7 Å². The highest BCUT2D eigenvalue weighted by Crippen LogP contribution is 2.38. The molecule has 0 aromatic heterocycles. The van der Waals surface area contributed by atoms with Gasteiger partial charge in [0.25, 0.3) is 0 Å². The number of nitrogens with zero attached hydrogens (tertiary/aromatic N) is 3. The Kier molecular flexibility index (Phi) is 5.90. The van der Waals surface area contributed by atoms with Crippen LogP contribution in [0.1, 0.15) is 37.3 Å². The molecule has 4 rings (SSSR count). The molecule has 1 spiro atoms. The molecule has 1 aromatic carbocycles. The second kappa shape index (κ2) is 8.38. The van der Waals surface area contributed by atoms with E-state index in [2.05, 4.69) is 38.3 Å². The number of rotatable bonds is 4. The van der Waals surface area contributed by atoms with Crippen molar-refractivity contribution in [3.63, 3.8) is 0 Å². The third-order valence-corrected chi connectivity index (χ3v) is 6.64. The van der Waals surface area contributed by atoms with Gasteiger partial charge in [0.15, 0.2) is 5.96 Å². The van der Waals surface area contributed by atoms with E-state index in [-0.39, 0.29) is 0 Å². The van der Waals surface area contributed by atoms with E-state index >= 15 is 0 Å². The molecule has 27 heavy (non-hydrogen) atoms. The maximum absolute atomic E-state index is 6.28. The lowest BCUT2D eigenvalue weighted by Crippen LogP contribution is -2.45. The number of likely N-dealkylation sites (tertiary alicyclic amines) is 2. The highest BCUT2D eigenvalue weighted by atomic mass is 35.5. The molecule has 1 aromatic rings. The number of halogens is 1. The van der Waals surface area contributed by atoms with Crippen LogP contribution >= 0.6 is 11.6 Å².